The van der Waals surface area contributed by atoms with E-state index in [4.69, 9.17) is 11.1 Å². The first-order chi connectivity index (χ1) is 8.92. The van der Waals surface area contributed by atoms with Crippen molar-refractivity contribution in [1.29, 1.82) is 5.41 Å². The molecule has 0 rings (SSSR count). The van der Waals surface area contributed by atoms with Crippen LogP contribution in [0, 0.1) is 11.3 Å². The molecule has 3 nitrogen and oxygen atoms in total. The van der Waals surface area contributed by atoms with Crippen molar-refractivity contribution in [2.24, 2.45) is 11.7 Å². The minimum absolute atomic E-state index is 0.534. The van der Waals surface area contributed by atoms with Crippen LogP contribution in [0.15, 0.2) is 60.3 Å². The van der Waals surface area contributed by atoms with Gasteiger partial charge >= 0.3 is 0 Å². The second-order valence-electron chi connectivity index (χ2n) is 4.28. The summed E-state index contributed by atoms with van der Waals surface area (Å²) in [5.41, 5.74) is 7.87. The molecule has 3 heteroatoms. The van der Waals surface area contributed by atoms with Crippen LogP contribution in [0.4, 0.5) is 0 Å². The zero-order chi connectivity index (χ0) is 14.8. The minimum atomic E-state index is -0.679. The fourth-order valence-corrected chi connectivity index (χ4v) is 1.38. The Morgan fingerprint density at radius 1 is 1.42 bits per heavy atom. The molecular formula is C16H22N2O. The van der Waals surface area contributed by atoms with Crippen LogP contribution < -0.4 is 5.73 Å². The summed E-state index contributed by atoms with van der Waals surface area (Å²) in [4.78, 5) is 11.0. The first-order valence-corrected chi connectivity index (χ1v) is 6.05. The summed E-state index contributed by atoms with van der Waals surface area (Å²) in [5.74, 6) is -1.21. The van der Waals surface area contributed by atoms with Gasteiger partial charge in [0.2, 0.25) is 5.91 Å². The molecule has 1 unspecified atom stereocenters. The average Bonchev–Trinajstić information content (AvgIpc) is 2.35. The lowest BCUT2D eigenvalue weighted by molar-refractivity contribution is -0.118. The van der Waals surface area contributed by atoms with E-state index in [0.29, 0.717) is 0 Å². The van der Waals surface area contributed by atoms with Crippen molar-refractivity contribution in [3.05, 3.63) is 60.3 Å². The summed E-state index contributed by atoms with van der Waals surface area (Å²) in [6, 6.07) is 0. The van der Waals surface area contributed by atoms with Crippen LogP contribution >= 0.6 is 0 Å². The van der Waals surface area contributed by atoms with Gasteiger partial charge in [-0.2, -0.15) is 0 Å². The van der Waals surface area contributed by atoms with E-state index in [1.807, 2.05) is 38.2 Å². The molecule has 102 valence electrons. The Morgan fingerprint density at radius 2 is 2.05 bits per heavy atom. The molecule has 0 aromatic heterocycles. The number of nitrogens with two attached hydrogens (primary N) is 1. The first kappa shape index (κ1) is 16.8. The Kier molecular flexibility index (Phi) is 7.85. The molecular weight excluding hydrogens is 236 g/mol. The quantitative estimate of drug-likeness (QED) is 0.391. The maximum absolute atomic E-state index is 11.0. The van der Waals surface area contributed by atoms with Crippen LogP contribution in [0.5, 0.6) is 0 Å². The number of amides is 1. The lowest BCUT2D eigenvalue weighted by Crippen LogP contribution is -2.22. The van der Waals surface area contributed by atoms with E-state index in [1.54, 1.807) is 6.08 Å². The largest absolute Gasteiger partial charge is 0.369 e. The number of primary amides is 1. The molecule has 0 saturated heterocycles. The van der Waals surface area contributed by atoms with Crippen LogP contribution in [0.2, 0.25) is 0 Å². The fourth-order valence-electron chi connectivity index (χ4n) is 1.38. The van der Waals surface area contributed by atoms with Crippen molar-refractivity contribution in [3.8, 4) is 0 Å². The summed E-state index contributed by atoms with van der Waals surface area (Å²) in [6.07, 6.45) is 11.2. The van der Waals surface area contributed by atoms with Crippen molar-refractivity contribution < 1.29 is 4.79 Å². The summed E-state index contributed by atoms with van der Waals surface area (Å²) in [7, 11) is 0. The van der Waals surface area contributed by atoms with Gasteiger partial charge in [0.25, 0.3) is 0 Å². The number of hydrogen-bond acceptors (Lipinski definition) is 2. The molecule has 3 N–H and O–H groups in total. The van der Waals surface area contributed by atoms with E-state index in [1.165, 1.54) is 0 Å². The SMILES string of the molecule is C=CC/C=C\C(C)=C/C(=C)/C(C)=C/C(C=N)C(N)=O. The van der Waals surface area contributed by atoms with Gasteiger partial charge in [0.15, 0.2) is 0 Å². The minimum Gasteiger partial charge on any atom is -0.369 e. The molecule has 0 spiro atoms. The van der Waals surface area contributed by atoms with Crippen molar-refractivity contribution in [3.63, 3.8) is 0 Å². The molecule has 0 aliphatic carbocycles. The molecule has 0 heterocycles. The van der Waals surface area contributed by atoms with E-state index in [0.717, 1.165) is 29.4 Å². The van der Waals surface area contributed by atoms with E-state index < -0.39 is 11.8 Å². The highest BCUT2D eigenvalue weighted by atomic mass is 16.1. The number of allylic oxidation sites excluding steroid dienone is 7. The summed E-state index contributed by atoms with van der Waals surface area (Å²) >= 11 is 0. The van der Waals surface area contributed by atoms with Crippen molar-refractivity contribution in [2.75, 3.05) is 0 Å². The van der Waals surface area contributed by atoms with Gasteiger partial charge in [0, 0.05) is 6.21 Å². The highest BCUT2D eigenvalue weighted by Crippen LogP contribution is 2.14. The second kappa shape index (κ2) is 8.86. The highest BCUT2D eigenvalue weighted by Gasteiger charge is 2.09. The smallest absolute Gasteiger partial charge is 0.229 e. The lowest BCUT2D eigenvalue weighted by Gasteiger charge is -2.06. The van der Waals surface area contributed by atoms with Crippen molar-refractivity contribution >= 4 is 12.1 Å². The molecule has 19 heavy (non-hydrogen) atoms. The van der Waals surface area contributed by atoms with Gasteiger partial charge in [-0.25, -0.2) is 0 Å². The first-order valence-electron chi connectivity index (χ1n) is 6.05. The Balaban J connectivity index is 4.86. The Bertz CT molecular complexity index is 453. The number of carbonyl (C=O) groups is 1. The van der Waals surface area contributed by atoms with E-state index in [2.05, 4.69) is 13.2 Å². The van der Waals surface area contributed by atoms with E-state index in [9.17, 15) is 4.79 Å². The maximum atomic E-state index is 11.0. The molecule has 0 radical (unpaired) electrons. The molecule has 0 aromatic rings. The van der Waals surface area contributed by atoms with Gasteiger partial charge in [0.05, 0.1) is 5.92 Å². The molecule has 0 aliphatic heterocycles. The van der Waals surface area contributed by atoms with Gasteiger partial charge in [-0.1, -0.05) is 42.5 Å². The maximum Gasteiger partial charge on any atom is 0.229 e. The van der Waals surface area contributed by atoms with Gasteiger partial charge in [-0.3, -0.25) is 4.79 Å². The van der Waals surface area contributed by atoms with Gasteiger partial charge in [-0.15, -0.1) is 6.58 Å². The van der Waals surface area contributed by atoms with Crippen molar-refractivity contribution in [1.82, 2.24) is 0 Å². The average molecular weight is 258 g/mol. The molecule has 0 saturated carbocycles. The van der Waals surface area contributed by atoms with Crippen LogP contribution in [0.3, 0.4) is 0 Å². The molecule has 0 aromatic carbocycles. The predicted octanol–water partition coefficient (Wildman–Crippen LogP) is 3.32. The Hall–Kier alpha value is -2.16. The van der Waals surface area contributed by atoms with Crippen LogP contribution in [0.25, 0.3) is 0 Å². The zero-order valence-corrected chi connectivity index (χ0v) is 11.6. The summed E-state index contributed by atoms with van der Waals surface area (Å²) in [6.45, 7) is 11.4. The third-order valence-corrected chi connectivity index (χ3v) is 2.53. The van der Waals surface area contributed by atoms with E-state index in [-0.39, 0.29) is 0 Å². The van der Waals surface area contributed by atoms with E-state index >= 15 is 0 Å². The molecule has 0 bridgehead atoms. The molecule has 0 fully saturated rings. The topological polar surface area (TPSA) is 66.9 Å². The fraction of sp³-hybridized carbons (Fsp3) is 0.250. The number of hydrogen-bond donors (Lipinski definition) is 2. The van der Waals surface area contributed by atoms with Crippen LogP contribution in [0.1, 0.15) is 20.3 Å². The van der Waals surface area contributed by atoms with Gasteiger partial charge in [0.1, 0.15) is 0 Å². The molecule has 1 amide bonds. The number of rotatable bonds is 8. The Labute approximate surface area is 115 Å². The monoisotopic (exact) mass is 258 g/mol. The molecule has 0 aliphatic rings. The summed E-state index contributed by atoms with van der Waals surface area (Å²) < 4.78 is 0. The predicted molar refractivity (Wildman–Crippen MR) is 82.1 cm³/mol. The highest BCUT2D eigenvalue weighted by molar-refractivity contribution is 5.93. The van der Waals surface area contributed by atoms with Gasteiger partial charge in [-0.05, 0) is 31.4 Å². The third kappa shape index (κ3) is 6.99. The summed E-state index contributed by atoms with van der Waals surface area (Å²) in [5, 5.41) is 7.14. The third-order valence-electron chi connectivity index (χ3n) is 2.53. The number of carbonyl (C=O) groups excluding carboxylic acids is 1. The van der Waals surface area contributed by atoms with Crippen LogP contribution in [-0.4, -0.2) is 12.1 Å². The standard InChI is InChI=1S/C16H22N2O/c1-5-6-7-8-12(2)9-13(3)14(4)10-15(11-17)16(18)19/h5,7-11,15,17H,1,3,6H2,2,4H3,(H2,18,19)/b8-7-,12-9-,14-10+,17-11?. The van der Waals surface area contributed by atoms with Crippen molar-refractivity contribution in [2.45, 2.75) is 20.3 Å². The second-order valence-corrected chi connectivity index (χ2v) is 4.28. The number of nitrogens with one attached hydrogen (secondary N) is 1. The molecule has 1 atom stereocenters. The Morgan fingerprint density at radius 3 is 2.53 bits per heavy atom. The zero-order valence-electron chi connectivity index (χ0n) is 11.6. The van der Waals surface area contributed by atoms with Gasteiger partial charge < -0.3 is 11.1 Å². The lowest BCUT2D eigenvalue weighted by atomic mass is 10.0. The normalized spacial score (nSPS) is 14.2. The van der Waals surface area contributed by atoms with Crippen LogP contribution in [-0.2, 0) is 4.79 Å².